The van der Waals surface area contributed by atoms with Crippen LogP contribution in [0.5, 0.6) is 0 Å². The molecule has 2 rings (SSSR count). The molecule has 0 radical (unpaired) electrons. The predicted octanol–water partition coefficient (Wildman–Crippen LogP) is 5.30. The number of rotatable bonds is 3. The summed E-state index contributed by atoms with van der Waals surface area (Å²) in [5.74, 6) is -0.297. The van der Waals surface area contributed by atoms with Crippen molar-refractivity contribution in [1.29, 1.82) is 0 Å². The summed E-state index contributed by atoms with van der Waals surface area (Å²) < 4.78 is 13.3. The molecule has 19 heavy (non-hydrogen) atoms. The van der Waals surface area contributed by atoms with Crippen molar-refractivity contribution in [2.45, 2.75) is 22.8 Å². The Kier molecular flexibility index (Phi) is 4.74. The summed E-state index contributed by atoms with van der Waals surface area (Å²) in [7, 11) is 0. The van der Waals surface area contributed by atoms with Crippen molar-refractivity contribution < 1.29 is 4.39 Å². The first-order valence-electron chi connectivity index (χ1n) is 5.65. The highest BCUT2D eigenvalue weighted by atomic mass is 35.5. The van der Waals surface area contributed by atoms with Gasteiger partial charge in [0.05, 0.1) is 5.02 Å². The number of hydrogen-bond donors (Lipinski definition) is 1. The molecule has 2 N–H and O–H groups in total. The molecule has 2 aromatic carbocycles. The van der Waals surface area contributed by atoms with Crippen molar-refractivity contribution in [1.82, 2.24) is 0 Å². The third-order valence-corrected chi connectivity index (χ3v) is 4.40. The molecule has 5 heteroatoms. The third kappa shape index (κ3) is 3.63. The monoisotopic (exact) mass is 315 g/mol. The minimum atomic E-state index is -0.297. The summed E-state index contributed by atoms with van der Waals surface area (Å²) in [6, 6.07) is 9.56. The molecule has 0 saturated carbocycles. The lowest BCUT2D eigenvalue weighted by Crippen LogP contribution is -2.06. The molecule has 0 fully saturated rings. The second-order valence-electron chi connectivity index (χ2n) is 4.15. The van der Waals surface area contributed by atoms with Gasteiger partial charge in [-0.1, -0.05) is 35.0 Å². The summed E-state index contributed by atoms with van der Waals surface area (Å²) >= 11 is 13.5. The minimum absolute atomic E-state index is 0.254. The Labute approximate surface area is 125 Å². The first-order chi connectivity index (χ1) is 8.97. The number of hydrogen-bond acceptors (Lipinski definition) is 2. The fourth-order valence-electron chi connectivity index (χ4n) is 1.64. The minimum Gasteiger partial charge on any atom is -0.324 e. The van der Waals surface area contributed by atoms with Gasteiger partial charge in [-0.25, -0.2) is 4.39 Å². The molecule has 0 aliphatic carbocycles. The lowest BCUT2D eigenvalue weighted by molar-refractivity contribution is 0.619. The fraction of sp³-hybridized carbons (Fsp3) is 0.143. The van der Waals surface area contributed by atoms with Crippen LogP contribution in [-0.4, -0.2) is 0 Å². The third-order valence-electron chi connectivity index (χ3n) is 2.58. The average Bonchev–Trinajstić information content (AvgIpc) is 2.35. The molecule has 0 saturated heterocycles. The Morgan fingerprint density at radius 3 is 2.53 bits per heavy atom. The van der Waals surface area contributed by atoms with Crippen LogP contribution in [0.25, 0.3) is 0 Å². The topological polar surface area (TPSA) is 26.0 Å². The molecule has 1 atom stereocenters. The predicted molar refractivity (Wildman–Crippen MR) is 79.6 cm³/mol. The summed E-state index contributed by atoms with van der Waals surface area (Å²) in [6.45, 7) is 1.82. The van der Waals surface area contributed by atoms with Gasteiger partial charge >= 0.3 is 0 Å². The van der Waals surface area contributed by atoms with Crippen LogP contribution >= 0.6 is 35.0 Å². The molecule has 100 valence electrons. The van der Waals surface area contributed by atoms with Gasteiger partial charge in [0.15, 0.2) is 0 Å². The van der Waals surface area contributed by atoms with Crippen LogP contribution in [0.2, 0.25) is 10.0 Å². The van der Waals surface area contributed by atoms with Crippen molar-refractivity contribution >= 4 is 35.0 Å². The van der Waals surface area contributed by atoms with Crippen LogP contribution in [0, 0.1) is 5.82 Å². The fourth-order valence-corrected chi connectivity index (χ4v) is 3.20. The van der Waals surface area contributed by atoms with E-state index in [2.05, 4.69) is 0 Å². The van der Waals surface area contributed by atoms with E-state index < -0.39 is 0 Å². The first kappa shape index (κ1) is 14.7. The van der Waals surface area contributed by atoms with Gasteiger partial charge in [0, 0.05) is 20.9 Å². The van der Waals surface area contributed by atoms with Crippen LogP contribution in [0.3, 0.4) is 0 Å². The highest BCUT2D eigenvalue weighted by Crippen LogP contribution is 2.38. The number of halogens is 3. The number of nitrogens with two attached hydrogens (primary N) is 1. The molecule has 0 aliphatic rings. The van der Waals surface area contributed by atoms with Crippen LogP contribution in [0.4, 0.5) is 4.39 Å². The van der Waals surface area contributed by atoms with Gasteiger partial charge < -0.3 is 5.73 Å². The van der Waals surface area contributed by atoms with E-state index in [1.807, 2.05) is 6.92 Å². The summed E-state index contributed by atoms with van der Waals surface area (Å²) in [6.07, 6.45) is 0. The van der Waals surface area contributed by atoms with Gasteiger partial charge in [-0.15, -0.1) is 0 Å². The average molecular weight is 316 g/mol. The summed E-state index contributed by atoms with van der Waals surface area (Å²) in [4.78, 5) is 1.70. The Bertz CT molecular complexity index is 602. The van der Waals surface area contributed by atoms with Crippen molar-refractivity contribution in [3.05, 3.63) is 57.8 Å². The SMILES string of the molecule is C[C@@H](N)c1cc(F)ccc1Sc1cc(Cl)ccc1Cl. The summed E-state index contributed by atoms with van der Waals surface area (Å²) in [5.41, 5.74) is 6.62. The quantitative estimate of drug-likeness (QED) is 0.831. The molecule has 0 bridgehead atoms. The second kappa shape index (κ2) is 6.14. The lowest BCUT2D eigenvalue weighted by atomic mass is 10.1. The van der Waals surface area contributed by atoms with E-state index in [1.165, 1.54) is 23.9 Å². The maximum atomic E-state index is 13.3. The molecule has 0 aliphatic heterocycles. The van der Waals surface area contributed by atoms with Gasteiger partial charge in [0.1, 0.15) is 5.82 Å². The Balaban J connectivity index is 2.40. The highest BCUT2D eigenvalue weighted by molar-refractivity contribution is 7.99. The van der Waals surface area contributed by atoms with E-state index in [0.29, 0.717) is 10.0 Å². The van der Waals surface area contributed by atoms with Gasteiger partial charge in [0.2, 0.25) is 0 Å². The van der Waals surface area contributed by atoms with E-state index in [-0.39, 0.29) is 11.9 Å². The van der Waals surface area contributed by atoms with Gasteiger partial charge in [0.25, 0.3) is 0 Å². The van der Waals surface area contributed by atoms with E-state index >= 15 is 0 Å². The number of benzene rings is 2. The molecule has 0 amide bonds. The van der Waals surface area contributed by atoms with Gasteiger partial charge in [-0.05, 0) is 48.9 Å². The zero-order valence-electron chi connectivity index (χ0n) is 10.2. The van der Waals surface area contributed by atoms with Crippen LogP contribution in [0.1, 0.15) is 18.5 Å². The maximum absolute atomic E-state index is 13.3. The normalized spacial score (nSPS) is 12.5. The maximum Gasteiger partial charge on any atom is 0.123 e. The Morgan fingerprint density at radius 2 is 1.84 bits per heavy atom. The lowest BCUT2D eigenvalue weighted by Gasteiger charge is -2.13. The first-order valence-corrected chi connectivity index (χ1v) is 7.22. The molecule has 2 aromatic rings. The van der Waals surface area contributed by atoms with Crippen LogP contribution in [-0.2, 0) is 0 Å². The van der Waals surface area contributed by atoms with E-state index in [4.69, 9.17) is 28.9 Å². The molecule has 0 unspecified atom stereocenters. The molecule has 0 spiro atoms. The highest BCUT2D eigenvalue weighted by Gasteiger charge is 2.11. The smallest absolute Gasteiger partial charge is 0.123 e. The Hall–Kier alpha value is -0.740. The van der Waals surface area contributed by atoms with Gasteiger partial charge in [-0.2, -0.15) is 0 Å². The molecule has 0 aromatic heterocycles. The zero-order chi connectivity index (χ0) is 14.0. The molecular weight excluding hydrogens is 304 g/mol. The van der Waals surface area contributed by atoms with Crippen LogP contribution < -0.4 is 5.73 Å². The second-order valence-corrected chi connectivity index (χ2v) is 6.08. The van der Waals surface area contributed by atoms with Crippen molar-refractivity contribution in [3.8, 4) is 0 Å². The standard InChI is InChI=1S/C14H12Cl2FNS/c1-8(18)11-7-10(17)3-5-13(11)19-14-6-9(15)2-4-12(14)16/h2-8H,18H2,1H3/t8-/m1/s1. The van der Waals surface area contributed by atoms with E-state index in [9.17, 15) is 4.39 Å². The van der Waals surface area contributed by atoms with Crippen molar-refractivity contribution in [3.63, 3.8) is 0 Å². The van der Waals surface area contributed by atoms with Crippen molar-refractivity contribution in [2.75, 3.05) is 0 Å². The van der Waals surface area contributed by atoms with E-state index in [1.54, 1.807) is 24.3 Å². The Morgan fingerprint density at radius 1 is 1.11 bits per heavy atom. The molecular formula is C14H12Cl2FNS. The van der Waals surface area contributed by atoms with E-state index in [0.717, 1.165) is 15.4 Å². The van der Waals surface area contributed by atoms with Gasteiger partial charge in [-0.3, -0.25) is 0 Å². The summed E-state index contributed by atoms with van der Waals surface area (Å²) in [5, 5.41) is 1.21. The zero-order valence-corrected chi connectivity index (χ0v) is 12.5. The van der Waals surface area contributed by atoms with Crippen LogP contribution in [0.15, 0.2) is 46.2 Å². The van der Waals surface area contributed by atoms with Crippen molar-refractivity contribution in [2.24, 2.45) is 5.73 Å². The largest absolute Gasteiger partial charge is 0.324 e. The molecule has 1 nitrogen and oxygen atoms in total. The molecule has 0 heterocycles.